The van der Waals surface area contributed by atoms with Gasteiger partial charge in [0.1, 0.15) is 12.4 Å². The Labute approximate surface area is 197 Å². The Morgan fingerprint density at radius 2 is 1.94 bits per heavy atom. The third-order valence-electron chi connectivity index (χ3n) is 5.20. The maximum atomic E-state index is 13.0. The van der Waals surface area contributed by atoms with Crippen molar-refractivity contribution in [2.24, 2.45) is 0 Å². The van der Waals surface area contributed by atoms with Gasteiger partial charge in [-0.15, -0.1) is 0 Å². The third kappa shape index (κ3) is 8.20. The molecule has 182 valence electrons. The van der Waals surface area contributed by atoms with Gasteiger partial charge < -0.3 is 20.3 Å². The van der Waals surface area contributed by atoms with E-state index < -0.39 is 0 Å². The number of nitrogens with zero attached hydrogens (tertiary/aromatic N) is 3. The summed E-state index contributed by atoms with van der Waals surface area (Å²) in [4.78, 5) is 27.2. The molecule has 0 unspecified atom stereocenters. The van der Waals surface area contributed by atoms with Crippen molar-refractivity contribution in [2.45, 2.75) is 59.3 Å². The standard InChI is InChI=1S/C25H39N5O3/c1-7-8-13-26-24(32)29(14-10-15-33-6)18-23(31)27-22-17-21(25(3,4)5)28-30(22)20-12-9-11-19(2)16-20/h9,11-12,16-17H,7-8,10,13-15,18H2,1-6H3,(H,26,32)(H,27,31). The predicted molar refractivity (Wildman–Crippen MR) is 132 cm³/mol. The van der Waals surface area contributed by atoms with Crippen LogP contribution in [-0.4, -0.2) is 60.0 Å². The molecule has 2 aromatic rings. The fourth-order valence-electron chi connectivity index (χ4n) is 3.28. The minimum atomic E-state index is -0.271. The Kier molecular flexibility index (Phi) is 9.91. The van der Waals surface area contributed by atoms with Gasteiger partial charge in [0.25, 0.3) is 0 Å². The number of carbonyl (C=O) groups is 2. The number of hydrogen-bond acceptors (Lipinski definition) is 4. The largest absolute Gasteiger partial charge is 0.385 e. The molecule has 0 radical (unpaired) electrons. The highest BCUT2D eigenvalue weighted by Gasteiger charge is 2.23. The van der Waals surface area contributed by atoms with Gasteiger partial charge in [-0.1, -0.05) is 46.2 Å². The van der Waals surface area contributed by atoms with Gasteiger partial charge in [-0.05, 0) is 37.5 Å². The predicted octanol–water partition coefficient (Wildman–Crippen LogP) is 4.26. The van der Waals surface area contributed by atoms with Crippen molar-refractivity contribution >= 4 is 17.8 Å². The van der Waals surface area contributed by atoms with Crippen LogP contribution in [0.5, 0.6) is 0 Å². The van der Waals surface area contributed by atoms with Gasteiger partial charge in [0, 0.05) is 38.3 Å². The number of methoxy groups -OCH3 is 1. The number of amides is 3. The molecular weight excluding hydrogens is 418 g/mol. The monoisotopic (exact) mass is 457 g/mol. The van der Waals surface area contributed by atoms with Crippen molar-refractivity contribution in [1.82, 2.24) is 20.0 Å². The molecule has 2 rings (SSSR count). The molecule has 1 aromatic carbocycles. The molecule has 0 bridgehead atoms. The normalized spacial score (nSPS) is 11.3. The quantitative estimate of drug-likeness (QED) is 0.493. The zero-order valence-electron chi connectivity index (χ0n) is 20.9. The summed E-state index contributed by atoms with van der Waals surface area (Å²) in [7, 11) is 1.62. The van der Waals surface area contributed by atoms with Gasteiger partial charge in [-0.25, -0.2) is 9.48 Å². The first-order chi connectivity index (χ1) is 15.7. The van der Waals surface area contributed by atoms with E-state index in [1.54, 1.807) is 11.8 Å². The van der Waals surface area contributed by atoms with Crippen LogP contribution >= 0.6 is 0 Å². The van der Waals surface area contributed by atoms with Crippen LogP contribution in [0.25, 0.3) is 5.69 Å². The highest BCUT2D eigenvalue weighted by atomic mass is 16.5. The molecule has 33 heavy (non-hydrogen) atoms. The molecule has 0 atom stereocenters. The van der Waals surface area contributed by atoms with E-state index in [2.05, 4.69) is 38.3 Å². The number of aromatic nitrogens is 2. The number of ether oxygens (including phenoxy) is 1. The van der Waals surface area contributed by atoms with E-state index in [9.17, 15) is 9.59 Å². The summed E-state index contributed by atoms with van der Waals surface area (Å²) in [6.07, 6.45) is 2.54. The number of carbonyl (C=O) groups excluding carboxylic acids is 2. The summed E-state index contributed by atoms with van der Waals surface area (Å²) < 4.78 is 6.86. The summed E-state index contributed by atoms with van der Waals surface area (Å²) in [5.74, 6) is 0.311. The molecule has 0 aliphatic carbocycles. The molecule has 0 saturated heterocycles. The lowest BCUT2D eigenvalue weighted by Gasteiger charge is -2.22. The Bertz CT molecular complexity index is 917. The lowest BCUT2D eigenvalue weighted by Crippen LogP contribution is -2.45. The number of unbranched alkanes of at least 4 members (excludes halogenated alkanes) is 1. The van der Waals surface area contributed by atoms with E-state index in [0.29, 0.717) is 31.9 Å². The van der Waals surface area contributed by atoms with Crippen LogP contribution in [-0.2, 0) is 14.9 Å². The van der Waals surface area contributed by atoms with Gasteiger partial charge in [0.2, 0.25) is 5.91 Å². The number of benzene rings is 1. The number of urea groups is 1. The van der Waals surface area contributed by atoms with Crippen LogP contribution in [0.2, 0.25) is 0 Å². The summed E-state index contributed by atoms with van der Waals surface area (Å²) in [6, 6.07) is 9.62. The molecule has 0 aliphatic rings. The van der Waals surface area contributed by atoms with Crippen molar-refractivity contribution in [2.75, 3.05) is 38.7 Å². The molecule has 0 saturated carbocycles. The summed E-state index contributed by atoms with van der Waals surface area (Å²) >= 11 is 0. The lowest BCUT2D eigenvalue weighted by molar-refractivity contribution is -0.116. The molecule has 1 heterocycles. The van der Waals surface area contributed by atoms with Crippen LogP contribution in [0.15, 0.2) is 30.3 Å². The topological polar surface area (TPSA) is 88.5 Å². The highest BCUT2D eigenvalue weighted by molar-refractivity contribution is 5.94. The second kappa shape index (κ2) is 12.4. The van der Waals surface area contributed by atoms with Gasteiger partial charge in [0.05, 0.1) is 11.4 Å². The molecule has 0 spiro atoms. The second-order valence-electron chi connectivity index (χ2n) is 9.32. The third-order valence-corrected chi connectivity index (χ3v) is 5.20. The van der Waals surface area contributed by atoms with E-state index in [1.807, 2.05) is 37.3 Å². The van der Waals surface area contributed by atoms with E-state index in [-0.39, 0.29) is 23.9 Å². The van der Waals surface area contributed by atoms with Crippen molar-refractivity contribution in [1.29, 1.82) is 0 Å². The average molecular weight is 458 g/mol. The minimum absolute atomic E-state index is 0.0501. The molecule has 2 N–H and O–H groups in total. The van der Waals surface area contributed by atoms with E-state index in [0.717, 1.165) is 29.8 Å². The van der Waals surface area contributed by atoms with Crippen LogP contribution in [0.3, 0.4) is 0 Å². The number of hydrogen-bond donors (Lipinski definition) is 2. The van der Waals surface area contributed by atoms with E-state index >= 15 is 0 Å². The number of aryl methyl sites for hydroxylation is 1. The number of anilines is 1. The summed E-state index contributed by atoms with van der Waals surface area (Å²) in [6.45, 7) is 11.8. The number of nitrogens with one attached hydrogen (secondary N) is 2. The maximum Gasteiger partial charge on any atom is 0.317 e. The average Bonchev–Trinajstić information content (AvgIpc) is 3.17. The Balaban J connectivity index is 2.21. The molecule has 1 aromatic heterocycles. The Hall–Kier alpha value is -2.87. The van der Waals surface area contributed by atoms with Gasteiger partial charge in [-0.2, -0.15) is 5.10 Å². The molecule has 0 fully saturated rings. The molecule has 0 aliphatic heterocycles. The zero-order valence-corrected chi connectivity index (χ0v) is 20.9. The first-order valence-electron chi connectivity index (χ1n) is 11.6. The fourth-order valence-corrected chi connectivity index (χ4v) is 3.28. The first-order valence-corrected chi connectivity index (χ1v) is 11.6. The van der Waals surface area contributed by atoms with Crippen LogP contribution in [0.4, 0.5) is 10.6 Å². The smallest absolute Gasteiger partial charge is 0.317 e. The molecule has 3 amide bonds. The van der Waals surface area contributed by atoms with Crippen molar-refractivity contribution < 1.29 is 14.3 Å². The van der Waals surface area contributed by atoms with Crippen LogP contribution in [0.1, 0.15) is 58.2 Å². The van der Waals surface area contributed by atoms with E-state index in [1.165, 1.54) is 4.90 Å². The number of rotatable bonds is 11. The molecular formula is C25H39N5O3. The van der Waals surface area contributed by atoms with Crippen molar-refractivity contribution in [3.8, 4) is 5.69 Å². The van der Waals surface area contributed by atoms with Crippen molar-refractivity contribution in [3.63, 3.8) is 0 Å². The van der Waals surface area contributed by atoms with Crippen molar-refractivity contribution in [3.05, 3.63) is 41.6 Å². The summed E-state index contributed by atoms with van der Waals surface area (Å²) in [5.41, 5.74) is 2.66. The minimum Gasteiger partial charge on any atom is -0.385 e. The summed E-state index contributed by atoms with van der Waals surface area (Å²) in [5, 5.41) is 10.6. The van der Waals surface area contributed by atoms with Gasteiger partial charge >= 0.3 is 6.03 Å². The lowest BCUT2D eigenvalue weighted by atomic mass is 9.92. The SMILES string of the molecule is CCCCNC(=O)N(CCCOC)CC(=O)Nc1cc(C(C)(C)C)nn1-c1cccc(C)c1. The Morgan fingerprint density at radius 1 is 1.18 bits per heavy atom. The fraction of sp³-hybridized carbons (Fsp3) is 0.560. The Morgan fingerprint density at radius 3 is 2.58 bits per heavy atom. The van der Waals surface area contributed by atoms with Crippen LogP contribution in [0, 0.1) is 6.92 Å². The zero-order chi connectivity index (χ0) is 24.4. The van der Waals surface area contributed by atoms with Gasteiger partial charge in [0.15, 0.2) is 0 Å². The molecule has 8 nitrogen and oxygen atoms in total. The molecule has 8 heteroatoms. The van der Waals surface area contributed by atoms with E-state index in [4.69, 9.17) is 9.84 Å². The highest BCUT2D eigenvalue weighted by Crippen LogP contribution is 2.26. The second-order valence-corrected chi connectivity index (χ2v) is 9.32. The van der Waals surface area contributed by atoms with Crippen LogP contribution < -0.4 is 10.6 Å². The van der Waals surface area contributed by atoms with Gasteiger partial charge in [-0.3, -0.25) is 4.79 Å². The maximum absolute atomic E-state index is 13.0. The first kappa shape index (κ1) is 26.4.